The van der Waals surface area contributed by atoms with Crippen molar-refractivity contribution < 1.29 is 14.7 Å². The van der Waals surface area contributed by atoms with Crippen LogP contribution in [0.3, 0.4) is 0 Å². The van der Waals surface area contributed by atoms with E-state index in [-0.39, 0.29) is 6.04 Å². The highest BCUT2D eigenvalue weighted by Gasteiger charge is 2.52. The number of nitrogens with zero attached hydrogens (tertiary/aromatic N) is 1. The Bertz CT molecular complexity index is 1250. The van der Waals surface area contributed by atoms with Crippen molar-refractivity contribution in [2.24, 2.45) is 0 Å². The first-order valence-corrected chi connectivity index (χ1v) is 11.3. The first-order chi connectivity index (χ1) is 15.9. The second-order valence-electron chi connectivity index (χ2n) is 8.87. The van der Waals surface area contributed by atoms with Crippen LogP contribution in [0.25, 0.3) is 0 Å². The molecule has 1 aliphatic heterocycles. The minimum atomic E-state index is -2.20. The van der Waals surface area contributed by atoms with Crippen LogP contribution in [0, 0.1) is 13.8 Å². The maximum atomic E-state index is 13.9. The molecule has 0 saturated heterocycles. The maximum absolute atomic E-state index is 13.9. The van der Waals surface area contributed by atoms with Gasteiger partial charge < -0.3 is 15.7 Å². The van der Waals surface area contributed by atoms with E-state index in [1.165, 1.54) is 5.56 Å². The summed E-state index contributed by atoms with van der Waals surface area (Å²) in [5.74, 6) is -0.621. The number of rotatable bonds is 3. The quantitative estimate of drug-likeness (QED) is 0.551. The Morgan fingerprint density at radius 3 is 2.64 bits per heavy atom. The van der Waals surface area contributed by atoms with Gasteiger partial charge in [-0.15, -0.1) is 0 Å². The molecule has 0 saturated carbocycles. The van der Waals surface area contributed by atoms with Crippen molar-refractivity contribution in [3.05, 3.63) is 94.5 Å². The topological polar surface area (TPSA) is 81.7 Å². The van der Waals surface area contributed by atoms with E-state index in [0.29, 0.717) is 16.9 Å². The largest absolute Gasteiger partial charge is 0.359 e. The van der Waals surface area contributed by atoms with E-state index in [0.717, 1.165) is 40.9 Å². The Morgan fingerprint density at radius 2 is 1.82 bits per heavy atom. The van der Waals surface area contributed by atoms with Crippen LogP contribution in [0.1, 0.15) is 46.7 Å². The van der Waals surface area contributed by atoms with Crippen molar-refractivity contribution in [3.8, 4) is 0 Å². The Balaban J connectivity index is 1.60. The molecule has 6 nitrogen and oxygen atoms in total. The van der Waals surface area contributed by atoms with Gasteiger partial charge in [-0.1, -0.05) is 48.5 Å². The lowest BCUT2D eigenvalue weighted by atomic mass is 9.87. The van der Waals surface area contributed by atoms with Gasteiger partial charge in [-0.2, -0.15) is 0 Å². The van der Waals surface area contributed by atoms with Gasteiger partial charge in [-0.3, -0.25) is 9.69 Å². The third-order valence-corrected chi connectivity index (χ3v) is 6.81. The summed E-state index contributed by atoms with van der Waals surface area (Å²) in [4.78, 5) is 28.3. The molecule has 1 aliphatic carbocycles. The van der Waals surface area contributed by atoms with Crippen LogP contribution in [-0.2, 0) is 16.9 Å². The Morgan fingerprint density at radius 1 is 1.06 bits per heavy atom. The number of aryl methyl sites for hydroxylation is 3. The zero-order valence-electron chi connectivity index (χ0n) is 18.8. The lowest BCUT2D eigenvalue weighted by Gasteiger charge is -2.43. The number of nitrogens with one attached hydrogen (secondary N) is 2. The third-order valence-electron chi connectivity index (χ3n) is 6.81. The first kappa shape index (κ1) is 21.2. The summed E-state index contributed by atoms with van der Waals surface area (Å²) in [7, 11) is 0. The molecule has 5 rings (SSSR count). The number of para-hydroxylation sites is 1. The summed E-state index contributed by atoms with van der Waals surface area (Å²) in [6.45, 7) is 3.91. The molecular weight excluding hydrogens is 414 g/mol. The van der Waals surface area contributed by atoms with Gasteiger partial charge in [0.05, 0.1) is 11.7 Å². The molecule has 0 radical (unpaired) electrons. The van der Waals surface area contributed by atoms with Crippen molar-refractivity contribution >= 4 is 23.3 Å². The van der Waals surface area contributed by atoms with Gasteiger partial charge >= 0.3 is 6.03 Å². The van der Waals surface area contributed by atoms with Crippen molar-refractivity contribution in [1.82, 2.24) is 5.32 Å². The number of carbonyl (C=O) groups is 2. The Hall–Kier alpha value is -3.64. The Kier molecular flexibility index (Phi) is 5.17. The molecule has 0 unspecified atom stereocenters. The van der Waals surface area contributed by atoms with Gasteiger partial charge in [0, 0.05) is 11.3 Å². The molecule has 168 valence electrons. The predicted octanol–water partition coefficient (Wildman–Crippen LogP) is 4.69. The molecule has 0 spiro atoms. The number of hydrogen-bond donors (Lipinski definition) is 3. The number of aliphatic hydroxyl groups is 1. The van der Waals surface area contributed by atoms with Crippen LogP contribution in [0.15, 0.2) is 66.7 Å². The molecule has 2 atom stereocenters. The second-order valence-corrected chi connectivity index (χ2v) is 8.87. The third kappa shape index (κ3) is 3.47. The van der Waals surface area contributed by atoms with Gasteiger partial charge in [0.2, 0.25) is 0 Å². The highest BCUT2D eigenvalue weighted by molar-refractivity contribution is 6.12. The average molecular weight is 442 g/mol. The zero-order chi connectivity index (χ0) is 23.2. The fraction of sp³-hybridized carbons (Fsp3) is 0.259. The van der Waals surface area contributed by atoms with E-state index in [9.17, 15) is 14.7 Å². The summed E-state index contributed by atoms with van der Waals surface area (Å²) in [5.41, 5.74) is 3.29. The zero-order valence-corrected chi connectivity index (χ0v) is 18.8. The fourth-order valence-electron chi connectivity index (χ4n) is 4.89. The minimum absolute atomic E-state index is 0.231. The summed E-state index contributed by atoms with van der Waals surface area (Å²) < 4.78 is 0. The molecule has 0 aromatic heterocycles. The normalized spacial score (nSPS) is 21.6. The molecule has 3 aromatic rings. The number of urea groups is 1. The monoisotopic (exact) mass is 441 g/mol. The lowest BCUT2D eigenvalue weighted by Crippen LogP contribution is -2.63. The van der Waals surface area contributed by atoms with E-state index in [2.05, 4.69) is 16.7 Å². The molecule has 3 N–H and O–H groups in total. The summed E-state index contributed by atoms with van der Waals surface area (Å²) >= 11 is 0. The van der Waals surface area contributed by atoms with Crippen LogP contribution in [0.4, 0.5) is 16.2 Å². The van der Waals surface area contributed by atoms with Gasteiger partial charge in [0.1, 0.15) is 0 Å². The van der Waals surface area contributed by atoms with Gasteiger partial charge in [0.25, 0.3) is 11.6 Å². The van der Waals surface area contributed by atoms with E-state index < -0.39 is 17.7 Å². The van der Waals surface area contributed by atoms with Crippen molar-refractivity contribution in [2.45, 2.75) is 44.9 Å². The van der Waals surface area contributed by atoms with Crippen molar-refractivity contribution in [3.63, 3.8) is 0 Å². The van der Waals surface area contributed by atoms with Gasteiger partial charge in [-0.05, 0) is 73.6 Å². The average Bonchev–Trinajstić information content (AvgIpc) is 2.81. The Labute approximate surface area is 193 Å². The number of fused-ring (bicyclic) bond motifs is 2. The van der Waals surface area contributed by atoms with E-state index in [4.69, 9.17) is 0 Å². The molecule has 0 bridgehead atoms. The number of carbonyl (C=O) groups excluding carboxylic acids is 2. The summed E-state index contributed by atoms with van der Waals surface area (Å²) in [6.07, 6.45) is 2.68. The van der Waals surface area contributed by atoms with E-state index in [1.54, 1.807) is 30.3 Å². The van der Waals surface area contributed by atoms with E-state index >= 15 is 0 Å². The predicted molar refractivity (Wildman–Crippen MR) is 128 cm³/mol. The van der Waals surface area contributed by atoms with Crippen LogP contribution < -0.4 is 15.5 Å². The number of hydrogen-bond acceptors (Lipinski definition) is 3. The molecule has 33 heavy (non-hydrogen) atoms. The molecule has 6 heteroatoms. The number of benzene rings is 3. The second kappa shape index (κ2) is 8.05. The smallest absolute Gasteiger partial charge is 0.329 e. The molecular formula is C27H27N3O3. The first-order valence-electron chi connectivity index (χ1n) is 11.3. The molecule has 2 aliphatic rings. The fourth-order valence-corrected chi connectivity index (χ4v) is 4.89. The number of anilines is 2. The molecule has 3 amide bonds. The maximum Gasteiger partial charge on any atom is 0.329 e. The van der Waals surface area contributed by atoms with Crippen molar-refractivity contribution in [1.29, 1.82) is 0 Å². The van der Waals surface area contributed by atoms with Crippen LogP contribution >= 0.6 is 0 Å². The summed E-state index contributed by atoms with van der Waals surface area (Å²) in [6, 6.07) is 19.6. The molecule has 0 fully saturated rings. The van der Waals surface area contributed by atoms with Crippen LogP contribution in [-0.4, -0.2) is 17.0 Å². The summed E-state index contributed by atoms with van der Waals surface area (Å²) in [5, 5.41) is 17.9. The highest BCUT2D eigenvalue weighted by Crippen LogP contribution is 2.41. The van der Waals surface area contributed by atoms with Crippen LogP contribution in [0.2, 0.25) is 0 Å². The molecule has 1 heterocycles. The van der Waals surface area contributed by atoms with Gasteiger partial charge in [0.15, 0.2) is 0 Å². The standard InChI is InChI=1S/C27H27N3O3/c1-17-14-15-20(16-18(17)2)30-26(32)29-24-12-6-5-11-22(24)27(30,33)25(31)28-23-13-7-9-19-8-3-4-10-21(19)23/h3-6,8,10-12,14-16,23,33H,7,9,13H2,1-2H3,(H,28,31)(H,29,32)/t23-,27+/m0/s1. The van der Waals surface area contributed by atoms with Gasteiger partial charge in [-0.25, -0.2) is 4.79 Å². The van der Waals surface area contributed by atoms with Crippen LogP contribution in [0.5, 0.6) is 0 Å². The van der Waals surface area contributed by atoms with E-state index in [1.807, 2.05) is 44.2 Å². The highest BCUT2D eigenvalue weighted by atomic mass is 16.3. The van der Waals surface area contributed by atoms with Crippen molar-refractivity contribution in [2.75, 3.05) is 10.2 Å². The minimum Gasteiger partial charge on any atom is -0.359 e. The SMILES string of the molecule is Cc1ccc(N2C(=O)Nc3ccccc3[C@@]2(O)C(=O)N[C@H]2CCCc3ccccc32)cc1C. The number of amides is 3. The lowest BCUT2D eigenvalue weighted by molar-refractivity contribution is -0.141. The molecule has 3 aromatic carbocycles.